The van der Waals surface area contributed by atoms with Gasteiger partial charge in [0.2, 0.25) is 0 Å². The van der Waals surface area contributed by atoms with E-state index in [2.05, 4.69) is 41.3 Å². The first-order chi connectivity index (χ1) is 17.7. The Hall–Kier alpha value is -2.63. The number of allylic oxidation sites excluding steroid dienone is 1. The summed E-state index contributed by atoms with van der Waals surface area (Å²) >= 11 is 0. The number of carbonyl (C=O) groups is 1. The van der Waals surface area contributed by atoms with E-state index in [1.54, 1.807) is 0 Å². The van der Waals surface area contributed by atoms with Gasteiger partial charge in [0.15, 0.2) is 23.4 Å². The summed E-state index contributed by atoms with van der Waals surface area (Å²) in [5.41, 5.74) is 2.77. The average Bonchev–Trinajstić information content (AvgIpc) is 3.64. The number of Topliss-reactive ketones (excluding diaryl/α,β-unsaturated/α-hetero) is 1. The summed E-state index contributed by atoms with van der Waals surface area (Å²) < 4.78 is 20.0. The van der Waals surface area contributed by atoms with E-state index in [0.717, 1.165) is 55.3 Å². The minimum Gasteiger partial charge on any atom is -0.485 e. The zero-order valence-electron chi connectivity index (χ0n) is 21.1. The Bertz CT molecular complexity index is 1200. The molecular weight excluding hydrogens is 450 g/mol. The quantitative estimate of drug-likeness (QED) is 0.493. The Balaban J connectivity index is 1.34. The lowest BCUT2D eigenvalue weighted by Gasteiger charge is -2.64. The van der Waals surface area contributed by atoms with E-state index in [9.17, 15) is 4.79 Å². The molecular formula is C31H35NO4. The van der Waals surface area contributed by atoms with Crippen molar-refractivity contribution in [3.8, 4) is 11.5 Å². The van der Waals surface area contributed by atoms with Gasteiger partial charge in [-0.2, -0.15) is 0 Å². The van der Waals surface area contributed by atoms with Crippen molar-refractivity contribution in [1.82, 2.24) is 4.90 Å². The van der Waals surface area contributed by atoms with Crippen molar-refractivity contribution >= 4 is 5.78 Å². The summed E-state index contributed by atoms with van der Waals surface area (Å²) in [6, 6.07) is 14.8. The molecule has 2 bridgehead atoms. The van der Waals surface area contributed by atoms with Crippen molar-refractivity contribution in [2.45, 2.75) is 75.2 Å². The number of nitrogens with zero attached hydrogens (tertiary/aromatic N) is 1. The number of hydrogen-bond donors (Lipinski definition) is 0. The smallest absolute Gasteiger partial charge is 0.174 e. The lowest BCUT2D eigenvalue weighted by molar-refractivity contribution is -0.209. The molecule has 3 fully saturated rings. The number of hydrogen-bond acceptors (Lipinski definition) is 5. The number of benzene rings is 2. The third kappa shape index (κ3) is 3.18. The molecule has 0 N–H and O–H groups in total. The number of ether oxygens (including phenoxy) is 3. The zero-order valence-corrected chi connectivity index (χ0v) is 21.1. The Morgan fingerprint density at radius 3 is 2.81 bits per heavy atom. The second kappa shape index (κ2) is 8.46. The van der Waals surface area contributed by atoms with Gasteiger partial charge in [0.1, 0.15) is 6.61 Å². The van der Waals surface area contributed by atoms with Crippen molar-refractivity contribution in [3.05, 3.63) is 71.3 Å². The second-order valence-electron chi connectivity index (χ2n) is 11.3. The fraction of sp³-hybridized carbons (Fsp3) is 0.516. The molecule has 0 unspecified atom stereocenters. The topological polar surface area (TPSA) is 48.0 Å². The minimum absolute atomic E-state index is 0.215. The van der Waals surface area contributed by atoms with E-state index in [1.165, 1.54) is 24.0 Å². The Morgan fingerprint density at radius 2 is 2.00 bits per heavy atom. The number of carbonyl (C=O) groups excluding carboxylic acids is 1. The molecule has 2 heterocycles. The highest BCUT2D eigenvalue weighted by atomic mass is 16.5. The highest BCUT2D eigenvalue weighted by Gasteiger charge is 2.74. The average molecular weight is 486 g/mol. The summed E-state index contributed by atoms with van der Waals surface area (Å²) in [4.78, 5) is 16.2. The molecule has 5 nitrogen and oxygen atoms in total. The normalized spacial score (nSPS) is 32.4. The molecule has 3 aliphatic carbocycles. The molecule has 2 aliphatic heterocycles. The number of ketones is 1. The van der Waals surface area contributed by atoms with Gasteiger partial charge in [-0.05, 0) is 68.7 Å². The molecule has 0 radical (unpaired) electrons. The molecule has 5 aliphatic rings. The van der Waals surface area contributed by atoms with Crippen molar-refractivity contribution in [1.29, 1.82) is 0 Å². The second-order valence-corrected chi connectivity index (χ2v) is 11.3. The maximum Gasteiger partial charge on any atom is 0.174 e. The Morgan fingerprint density at radius 1 is 1.14 bits per heavy atom. The van der Waals surface area contributed by atoms with Gasteiger partial charge in [-0.25, -0.2) is 0 Å². The van der Waals surface area contributed by atoms with Crippen molar-refractivity contribution < 1.29 is 19.0 Å². The van der Waals surface area contributed by atoms with Crippen LogP contribution in [0.1, 0.15) is 55.7 Å². The molecule has 0 amide bonds. The van der Waals surface area contributed by atoms with Crippen LogP contribution in [0.2, 0.25) is 0 Å². The Labute approximate surface area is 213 Å². The van der Waals surface area contributed by atoms with E-state index >= 15 is 0 Å². The summed E-state index contributed by atoms with van der Waals surface area (Å²) in [6.45, 7) is 5.23. The Kier molecular flexibility index (Phi) is 5.30. The van der Waals surface area contributed by atoms with E-state index in [1.807, 2.05) is 25.1 Å². The molecule has 188 valence electrons. The van der Waals surface area contributed by atoms with Gasteiger partial charge < -0.3 is 14.2 Å². The van der Waals surface area contributed by atoms with Gasteiger partial charge in [-0.3, -0.25) is 9.69 Å². The van der Waals surface area contributed by atoms with Gasteiger partial charge in [-0.15, -0.1) is 0 Å². The first-order valence-electron chi connectivity index (χ1n) is 13.7. The molecule has 4 atom stereocenters. The molecule has 2 aromatic carbocycles. The number of likely N-dealkylation sites (tertiary alicyclic amines) is 1. The van der Waals surface area contributed by atoms with E-state index in [4.69, 9.17) is 14.2 Å². The number of piperidine rings is 1. The highest BCUT2D eigenvalue weighted by molar-refractivity contribution is 5.90. The third-order valence-corrected chi connectivity index (χ3v) is 9.41. The van der Waals surface area contributed by atoms with Crippen LogP contribution in [-0.2, 0) is 28.0 Å². The monoisotopic (exact) mass is 485 g/mol. The van der Waals surface area contributed by atoms with Crippen LogP contribution in [0.5, 0.6) is 11.5 Å². The first kappa shape index (κ1) is 22.6. The molecule has 36 heavy (non-hydrogen) atoms. The molecule has 7 rings (SSSR count). The first-order valence-corrected chi connectivity index (χ1v) is 13.7. The predicted molar refractivity (Wildman–Crippen MR) is 137 cm³/mol. The minimum atomic E-state index is -0.488. The van der Waals surface area contributed by atoms with E-state index in [0.29, 0.717) is 19.6 Å². The molecule has 0 aromatic heterocycles. The summed E-state index contributed by atoms with van der Waals surface area (Å²) in [5, 5.41) is 0. The largest absolute Gasteiger partial charge is 0.485 e. The van der Waals surface area contributed by atoms with E-state index in [-0.39, 0.29) is 11.8 Å². The zero-order chi connectivity index (χ0) is 24.3. The van der Waals surface area contributed by atoms with Gasteiger partial charge in [-0.1, -0.05) is 48.6 Å². The highest BCUT2D eigenvalue weighted by Crippen LogP contribution is 2.66. The summed E-state index contributed by atoms with van der Waals surface area (Å²) in [7, 11) is 0. The molecule has 2 saturated carbocycles. The molecule has 1 spiro atoms. The molecule has 1 saturated heterocycles. The summed E-state index contributed by atoms with van der Waals surface area (Å²) in [5.74, 6) is 2.57. The fourth-order valence-electron chi connectivity index (χ4n) is 7.66. The lowest BCUT2D eigenvalue weighted by Crippen LogP contribution is -2.77. The molecule has 2 aromatic rings. The fourth-order valence-corrected chi connectivity index (χ4v) is 7.66. The van der Waals surface area contributed by atoms with Gasteiger partial charge in [0, 0.05) is 24.6 Å². The van der Waals surface area contributed by atoms with Crippen molar-refractivity contribution in [3.63, 3.8) is 0 Å². The van der Waals surface area contributed by atoms with Crippen LogP contribution in [0.15, 0.2) is 54.6 Å². The summed E-state index contributed by atoms with van der Waals surface area (Å²) in [6.07, 6.45) is 9.46. The van der Waals surface area contributed by atoms with Crippen LogP contribution in [-0.4, -0.2) is 48.1 Å². The van der Waals surface area contributed by atoms with Crippen LogP contribution >= 0.6 is 0 Å². The predicted octanol–water partition coefficient (Wildman–Crippen LogP) is 5.00. The standard InChI is InChI=1S/C31H35NO4/c1-2-3-17-35-31-14-13-24(33)29-30(31)15-16-32(19-21-9-10-21)26(31)18-23-11-12-25(28(36-29)27(23)30)34-20-22-7-5-4-6-8-22/h2-8,11-12,21,26,29H,9-10,13-20H2,1H3/b3-2+/t26-,29+,30+,31-/m1/s1. The van der Waals surface area contributed by atoms with E-state index < -0.39 is 17.1 Å². The van der Waals surface area contributed by atoms with Crippen molar-refractivity contribution in [2.24, 2.45) is 5.92 Å². The van der Waals surface area contributed by atoms with Crippen molar-refractivity contribution in [2.75, 3.05) is 19.7 Å². The van der Waals surface area contributed by atoms with Gasteiger partial charge in [0.25, 0.3) is 0 Å². The molecule has 5 heteroatoms. The van der Waals surface area contributed by atoms with Crippen LogP contribution in [0.4, 0.5) is 0 Å². The maximum absolute atomic E-state index is 13.5. The lowest BCUT2D eigenvalue weighted by atomic mass is 9.48. The number of rotatable bonds is 8. The SMILES string of the molecule is C/C=C/CO[C@@]12CCC(=O)[C@@H]3Oc4c(OCc5ccccc5)ccc5c4[C@@]31CCN(CC1CC1)[C@@H]2C5. The van der Waals surface area contributed by atoms with Gasteiger partial charge in [0.05, 0.1) is 17.6 Å². The van der Waals surface area contributed by atoms with Crippen LogP contribution in [0.25, 0.3) is 0 Å². The van der Waals surface area contributed by atoms with Gasteiger partial charge >= 0.3 is 0 Å². The van der Waals surface area contributed by atoms with Crippen LogP contribution in [0.3, 0.4) is 0 Å². The maximum atomic E-state index is 13.5. The van der Waals surface area contributed by atoms with Crippen LogP contribution < -0.4 is 9.47 Å². The van der Waals surface area contributed by atoms with Crippen LogP contribution in [0, 0.1) is 5.92 Å². The third-order valence-electron chi connectivity index (χ3n) is 9.41.